The molecule has 170 valence electrons. The second-order valence-corrected chi connectivity index (χ2v) is 10.6. The largest absolute Gasteiger partial charge is 0.489 e. The summed E-state index contributed by atoms with van der Waals surface area (Å²) in [5, 5.41) is 1.40. The molecule has 2 amide bonds. The van der Waals surface area contributed by atoms with Gasteiger partial charge in [-0.15, -0.1) is 0 Å². The molecule has 1 aliphatic heterocycles. The van der Waals surface area contributed by atoms with E-state index in [2.05, 4.69) is 54.2 Å². The van der Waals surface area contributed by atoms with E-state index in [1.165, 1.54) is 10.5 Å². The van der Waals surface area contributed by atoms with Gasteiger partial charge in [-0.05, 0) is 46.2 Å². The Morgan fingerprint density at radius 2 is 1.55 bits per heavy atom. The molecule has 3 aromatic rings. The third-order valence-corrected chi connectivity index (χ3v) is 6.14. The van der Waals surface area contributed by atoms with Crippen LogP contribution in [-0.2, 0) is 10.8 Å². The maximum atomic E-state index is 13.7. The highest BCUT2D eigenvalue weighted by atomic mass is 16.5. The van der Waals surface area contributed by atoms with Crippen molar-refractivity contribution in [2.45, 2.75) is 52.4 Å². The predicted octanol–water partition coefficient (Wildman–Crippen LogP) is 6.80. The maximum Gasteiger partial charge on any atom is 0.265 e. The third kappa shape index (κ3) is 3.84. The van der Waals surface area contributed by atoms with E-state index in [0.29, 0.717) is 34.6 Å². The van der Waals surface area contributed by atoms with Crippen LogP contribution in [0.3, 0.4) is 0 Å². The lowest BCUT2D eigenvalue weighted by atomic mass is 9.79. The van der Waals surface area contributed by atoms with Gasteiger partial charge in [0, 0.05) is 21.9 Å². The molecule has 0 saturated heterocycles. The molecule has 0 unspecified atom stereocenters. The fraction of sp³-hybridized carbons (Fsp3) is 0.310. The molecule has 0 saturated carbocycles. The highest BCUT2D eigenvalue weighted by molar-refractivity contribution is 6.36. The molecule has 4 rings (SSSR count). The maximum absolute atomic E-state index is 13.7. The molecule has 0 N–H and O–H groups in total. The van der Waals surface area contributed by atoms with Crippen LogP contribution in [0.25, 0.3) is 10.8 Å². The minimum atomic E-state index is -0.312. The van der Waals surface area contributed by atoms with E-state index >= 15 is 0 Å². The van der Waals surface area contributed by atoms with Crippen molar-refractivity contribution in [3.05, 3.63) is 83.4 Å². The number of anilines is 1. The average Bonchev–Trinajstić information content (AvgIpc) is 2.75. The second kappa shape index (κ2) is 7.87. The van der Waals surface area contributed by atoms with Crippen LogP contribution >= 0.6 is 0 Å². The number of nitrogens with zero attached hydrogens (tertiary/aromatic N) is 1. The number of amides is 2. The summed E-state index contributed by atoms with van der Waals surface area (Å²) in [7, 11) is 0. The van der Waals surface area contributed by atoms with E-state index in [1.807, 2.05) is 24.3 Å². The number of carbonyl (C=O) groups excluding carboxylic acids is 2. The Morgan fingerprint density at radius 1 is 0.879 bits per heavy atom. The van der Waals surface area contributed by atoms with E-state index < -0.39 is 0 Å². The van der Waals surface area contributed by atoms with Gasteiger partial charge < -0.3 is 4.74 Å². The number of rotatable bonds is 4. The summed E-state index contributed by atoms with van der Waals surface area (Å²) in [6, 6.07) is 15.1. The van der Waals surface area contributed by atoms with Gasteiger partial charge in [0.15, 0.2) is 0 Å². The predicted molar refractivity (Wildman–Crippen MR) is 135 cm³/mol. The van der Waals surface area contributed by atoms with Crippen LogP contribution in [0.5, 0.6) is 5.75 Å². The summed E-state index contributed by atoms with van der Waals surface area (Å²) in [4.78, 5) is 28.8. The lowest BCUT2D eigenvalue weighted by Gasteiger charge is -2.33. The Kier molecular flexibility index (Phi) is 5.44. The number of hydrogen-bond acceptors (Lipinski definition) is 3. The van der Waals surface area contributed by atoms with Gasteiger partial charge in [0.05, 0.1) is 5.69 Å². The Bertz CT molecular complexity index is 1270. The minimum Gasteiger partial charge on any atom is -0.489 e. The number of benzene rings is 3. The van der Waals surface area contributed by atoms with Gasteiger partial charge in [0.25, 0.3) is 11.8 Å². The standard InChI is InChI=1S/C29H31NO3/c1-8-16-33-24-15-13-21-25-19(24)10-9-11-20(25)26(31)30(27(21)32)23-14-12-18(28(2,3)4)17-22(23)29(5,6)7/h8-15,17H,1,16H2,2-7H3. The van der Waals surface area contributed by atoms with Crippen molar-refractivity contribution in [3.8, 4) is 5.75 Å². The highest BCUT2D eigenvalue weighted by Crippen LogP contribution is 2.41. The molecule has 1 heterocycles. The first-order valence-corrected chi connectivity index (χ1v) is 11.3. The van der Waals surface area contributed by atoms with Gasteiger partial charge in [-0.1, -0.05) is 78.5 Å². The summed E-state index contributed by atoms with van der Waals surface area (Å²) in [5.41, 5.74) is 3.48. The highest BCUT2D eigenvalue weighted by Gasteiger charge is 2.37. The zero-order valence-corrected chi connectivity index (χ0v) is 20.3. The number of imide groups is 1. The monoisotopic (exact) mass is 441 g/mol. The van der Waals surface area contributed by atoms with Gasteiger partial charge >= 0.3 is 0 Å². The molecule has 3 aromatic carbocycles. The molecule has 0 bridgehead atoms. The fourth-order valence-corrected chi connectivity index (χ4v) is 4.36. The van der Waals surface area contributed by atoms with Crippen LogP contribution < -0.4 is 9.64 Å². The zero-order valence-electron chi connectivity index (χ0n) is 20.3. The lowest BCUT2D eigenvalue weighted by molar-refractivity contribution is 0.0893. The van der Waals surface area contributed by atoms with Gasteiger partial charge in [0.1, 0.15) is 12.4 Å². The molecule has 0 aromatic heterocycles. The van der Waals surface area contributed by atoms with Crippen molar-refractivity contribution in [2.24, 2.45) is 0 Å². The van der Waals surface area contributed by atoms with Crippen LogP contribution in [0.2, 0.25) is 0 Å². The molecule has 4 heteroatoms. The Labute approximate surface area is 195 Å². The molecule has 4 nitrogen and oxygen atoms in total. The van der Waals surface area contributed by atoms with Crippen LogP contribution in [-0.4, -0.2) is 18.4 Å². The fourth-order valence-electron chi connectivity index (χ4n) is 4.36. The molecule has 0 spiro atoms. The van der Waals surface area contributed by atoms with E-state index in [-0.39, 0.29) is 22.6 Å². The summed E-state index contributed by atoms with van der Waals surface area (Å²) in [6.07, 6.45) is 1.67. The van der Waals surface area contributed by atoms with Gasteiger partial charge in [-0.25, -0.2) is 4.90 Å². The molecule has 1 aliphatic rings. The van der Waals surface area contributed by atoms with Crippen molar-refractivity contribution in [2.75, 3.05) is 11.5 Å². The summed E-state index contributed by atoms with van der Waals surface area (Å²) < 4.78 is 5.78. The smallest absolute Gasteiger partial charge is 0.265 e. The molecule has 0 aliphatic carbocycles. The lowest BCUT2D eigenvalue weighted by Crippen LogP contribution is -2.41. The first-order valence-electron chi connectivity index (χ1n) is 11.3. The minimum absolute atomic E-state index is 0.0471. The first kappa shape index (κ1) is 22.8. The second-order valence-electron chi connectivity index (χ2n) is 10.6. The molecular weight excluding hydrogens is 410 g/mol. The van der Waals surface area contributed by atoms with Crippen molar-refractivity contribution in [3.63, 3.8) is 0 Å². The van der Waals surface area contributed by atoms with E-state index in [4.69, 9.17) is 4.74 Å². The Balaban J connectivity index is 1.92. The van der Waals surface area contributed by atoms with Crippen LogP contribution in [0.1, 0.15) is 73.4 Å². The summed E-state index contributed by atoms with van der Waals surface area (Å²) in [5.74, 6) is 0.00965. The van der Waals surface area contributed by atoms with Crippen molar-refractivity contribution in [1.29, 1.82) is 0 Å². The Hall–Kier alpha value is -3.40. The number of ether oxygens (including phenoxy) is 1. The topological polar surface area (TPSA) is 46.6 Å². The third-order valence-electron chi connectivity index (χ3n) is 6.14. The molecular formula is C29H31NO3. The quantitative estimate of drug-likeness (QED) is 0.330. The number of hydrogen-bond donors (Lipinski definition) is 0. The van der Waals surface area contributed by atoms with Gasteiger partial charge in [-0.2, -0.15) is 0 Å². The summed E-state index contributed by atoms with van der Waals surface area (Å²) in [6.45, 7) is 16.8. The van der Waals surface area contributed by atoms with Crippen molar-refractivity contribution in [1.82, 2.24) is 0 Å². The molecule has 0 radical (unpaired) electrons. The van der Waals surface area contributed by atoms with Crippen molar-refractivity contribution < 1.29 is 14.3 Å². The van der Waals surface area contributed by atoms with Crippen LogP contribution in [0.4, 0.5) is 5.69 Å². The molecule has 0 atom stereocenters. The van der Waals surface area contributed by atoms with Gasteiger partial charge in [-0.3, -0.25) is 9.59 Å². The van der Waals surface area contributed by atoms with E-state index in [0.717, 1.165) is 10.9 Å². The van der Waals surface area contributed by atoms with Crippen LogP contribution in [0.15, 0.2) is 61.2 Å². The SMILES string of the molecule is C=CCOc1ccc2c3c(cccc13)C(=O)N(c1ccc(C(C)(C)C)cc1C(C)(C)C)C2=O. The zero-order chi connectivity index (χ0) is 24.1. The molecule has 0 fully saturated rings. The first-order chi connectivity index (χ1) is 15.4. The van der Waals surface area contributed by atoms with Crippen LogP contribution in [0, 0.1) is 0 Å². The molecule has 33 heavy (non-hydrogen) atoms. The number of carbonyl (C=O) groups is 2. The van der Waals surface area contributed by atoms with Crippen molar-refractivity contribution >= 4 is 28.3 Å². The van der Waals surface area contributed by atoms with E-state index in [1.54, 1.807) is 24.3 Å². The Morgan fingerprint density at radius 3 is 2.15 bits per heavy atom. The average molecular weight is 442 g/mol. The normalized spacial score (nSPS) is 14.1. The van der Waals surface area contributed by atoms with Gasteiger partial charge in [0.2, 0.25) is 0 Å². The van der Waals surface area contributed by atoms with E-state index in [9.17, 15) is 9.59 Å². The summed E-state index contributed by atoms with van der Waals surface area (Å²) >= 11 is 0.